The van der Waals surface area contributed by atoms with Crippen molar-refractivity contribution in [3.63, 3.8) is 0 Å². The van der Waals surface area contributed by atoms with Gasteiger partial charge in [-0.3, -0.25) is 14.7 Å². The molecule has 1 N–H and O–H groups in total. The molecule has 0 atom stereocenters. The summed E-state index contributed by atoms with van der Waals surface area (Å²) in [6, 6.07) is 7.22. The lowest BCUT2D eigenvalue weighted by Gasteiger charge is -2.31. The minimum atomic E-state index is -0.126. The van der Waals surface area contributed by atoms with Gasteiger partial charge in [0.15, 0.2) is 11.0 Å². The average molecular weight is 395 g/mol. The fraction of sp³-hybridized carbons (Fsp3) is 0.350. The number of nitrogens with zero attached hydrogens (tertiary/aromatic N) is 5. The zero-order valence-electron chi connectivity index (χ0n) is 15.7. The van der Waals surface area contributed by atoms with E-state index in [0.717, 1.165) is 48.9 Å². The highest BCUT2D eigenvalue weighted by atomic mass is 32.2. The lowest BCUT2D eigenvalue weighted by molar-refractivity contribution is 0.202. The van der Waals surface area contributed by atoms with Crippen LogP contribution in [0.4, 0.5) is 0 Å². The summed E-state index contributed by atoms with van der Waals surface area (Å²) in [5, 5.41) is 0.798. The van der Waals surface area contributed by atoms with E-state index in [1.54, 1.807) is 24.0 Å². The van der Waals surface area contributed by atoms with Crippen molar-refractivity contribution < 1.29 is 0 Å². The second kappa shape index (κ2) is 8.62. The Morgan fingerprint density at radius 1 is 1.18 bits per heavy atom. The van der Waals surface area contributed by atoms with Gasteiger partial charge in [-0.2, -0.15) is 0 Å². The van der Waals surface area contributed by atoms with E-state index >= 15 is 0 Å². The minimum Gasteiger partial charge on any atom is -0.305 e. The Labute approximate surface area is 167 Å². The van der Waals surface area contributed by atoms with E-state index in [1.807, 2.05) is 36.8 Å². The molecule has 28 heavy (non-hydrogen) atoms. The summed E-state index contributed by atoms with van der Waals surface area (Å²) >= 11 is 1.55. The van der Waals surface area contributed by atoms with Crippen LogP contribution in [0.2, 0.25) is 0 Å². The number of H-pyrrole nitrogens is 1. The summed E-state index contributed by atoms with van der Waals surface area (Å²) in [6.07, 6.45) is 9.44. The topological polar surface area (TPSA) is 87.7 Å². The van der Waals surface area contributed by atoms with Crippen molar-refractivity contribution in [1.82, 2.24) is 29.8 Å². The third kappa shape index (κ3) is 4.45. The second-order valence-electron chi connectivity index (χ2n) is 6.86. The molecule has 0 radical (unpaired) electrons. The van der Waals surface area contributed by atoms with Gasteiger partial charge in [0, 0.05) is 42.7 Å². The van der Waals surface area contributed by atoms with Crippen LogP contribution in [0.15, 0.2) is 52.8 Å². The number of nitrogens with one attached hydrogen (secondary N) is 1. The van der Waals surface area contributed by atoms with Gasteiger partial charge in [-0.15, -0.1) is 0 Å². The van der Waals surface area contributed by atoms with Crippen molar-refractivity contribution in [2.45, 2.75) is 30.5 Å². The molecule has 1 aliphatic heterocycles. The van der Waals surface area contributed by atoms with Crippen LogP contribution in [0.5, 0.6) is 0 Å². The van der Waals surface area contributed by atoms with E-state index in [4.69, 9.17) is 4.98 Å². The first-order valence-corrected chi connectivity index (χ1v) is 10.5. The molecule has 1 aliphatic rings. The molecule has 0 bridgehead atoms. The summed E-state index contributed by atoms with van der Waals surface area (Å²) in [5.74, 6) is 0.827. The third-order valence-electron chi connectivity index (χ3n) is 4.95. The predicted octanol–water partition coefficient (Wildman–Crippen LogP) is 2.72. The standard InChI is InChI=1S/C20H22N6OS/c1-28-20-22-11-14(12-23-20)13-26-8-5-15(6-9-26)17-10-18(27)25-19(24-17)16-4-2-3-7-21-16/h2-4,7,10-12,15H,5-6,8-9,13H2,1H3,(H,24,25,27). The number of pyridine rings is 1. The highest BCUT2D eigenvalue weighted by molar-refractivity contribution is 7.98. The zero-order chi connectivity index (χ0) is 19.3. The Morgan fingerprint density at radius 2 is 1.96 bits per heavy atom. The van der Waals surface area contributed by atoms with Crippen LogP contribution in [-0.2, 0) is 6.54 Å². The number of hydrogen-bond donors (Lipinski definition) is 1. The number of rotatable bonds is 5. The largest absolute Gasteiger partial charge is 0.305 e. The zero-order valence-corrected chi connectivity index (χ0v) is 16.5. The van der Waals surface area contributed by atoms with E-state index in [2.05, 4.69) is 24.8 Å². The number of aromatic amines is 1. The maximum atomic E-state index is 12.1. The van der Waals surface area contributed by atoms with Crippen LogP contribution in [0.25, 0.3) is 11.5 Å². The van der Waals surface area contributed by atoms with Crippen LogP contribution in [0.1, 0.15) is 30.0 Å². The SMILES string of the molecule is CSc1ncc(CN2CCC(c3cc(=O)[nH]c(-c4ccccn4)n3)CC2)cn1. The van der Waals surface area contributed by atoms with E-state index in [1.165, 1.54) is 0 Å². The molecule has 0 amide bonds. The molecule has 3 aromatic heterocycles. The highest BCUT2D eigenvalue weighted by Crippen LogP contribution is 2.27. The Hall–Kier alpha value is -2.58. The smallest absolute Gasteiger partial charge is 0.251 e. The van der Waals surface area contributed by atoms with Gasteiger partial charge in [0.05, 0.1) is 5.69 Å². The van der Waals surface area contributed by atoms with Crippen molar-refractivity contribution in [1.29, 1.82) is 0 Å². The second-order valence-corrected chi connectivity index (χ2v) is 7.64. The number of likely N-dealkylation sites (tertiary alicyclic amines) is 1. The quantitative estimate of drug-likeness (QED) is 0.526. The normalized spacial score (nSPS) is 15.6. The Kier molecular flexibility index (Phi) is 5.78. The molecule has 0 spiro atoms. The number of piperidine rings is 1. The molecule has 4 heterocycles. The van der Waals surface area contributed by atoms with Crippen molar-refractivity contribution in [3.05, 3.63) is 64.5 Å². The fourth-order valence-electron chi connectivity index (χ4n) is 3.48. The maximum absolute atomic E-state index is 12.1. The molecule has 0 aliphatic carbocycles. The van der Waals surface area contributed by atoms with Crippen LogP contribution in [-0.4, -0.2) is 49.2 Å². The third-order valence-corrected chi connectivity index (χ3v) is 5.52. The molecule has 0 saturated carbocycles. The predicted molar refractivity (Wildman–Crippen MR) is 109 cm³/mol. The van der Waals surface area contributed by atoms with Crippen molar-refractivity contribution >= 4 is 11.8 Å². The number of aromatic nitrogens is 5. The van der Waals surface area contributed by atoms with Crippen LogP contribution >= 0.6 is 11.8 Å². The van der Waals surface area contributed by atoms with Gasteiger partial charge in [-0.25, -0.2) is 15.0 Å². The Morgan fingerprint density at radius 3 is 2.64 bits per heavy atom. The van der Waals surface area contributed by atoms with E-state index in [-0.39, 0.29) is 11.5 Å². The van der Waals surface area contributed by atoms with Gasteiger partial charge in [-0.05, 0) is 44.3 Å². The summed E-state index contributed by atoms with van der Waals surface area (Å²) < 4.78 is 0. The Bertz CT molecular complexity index is 968. The average Bonchev–Trinajstić information content (AvgIpc) is 2.75. The van der Waals surface area contributed by atoms with Gasteiger partial charge >= 0.3 is 0 Å². The van der Waals surface area contributed by atoms with Gasteiger partial charge in [0.25, 0.3) is 5.56 Å². The first-order chi connectivity index (χ1) is 13.7. The van der Waals surface area contributed by atoms with Crippen LogP contribution < -0.4 is 5.56 Å². The van der Waals surface area contributed by atoms with Crippen molar-refractivity contribution in [2.24, 2.45) is 0 Å². The molecule has 8 heteroatoms. The van der Waals surface area contributed by atoms with Crippen molar-refractivity contribution in [2.75, 3.05) is 19.3 Å². The first kappa shape index (κ1) is 18.8. The van der Waals surface area contributed by atoms with Gasteiger partial charge in [-0.1, -0.05) is 17.8 Å². The summed E-state index contributed by atoms with van der Waals surface area (Å²) in [4.78, 5) is 35.0. The minimum absolute atomic E-state index is 0.126. The highest BCUT2D eigenvalue weighted by Gasteiger charge is 2.23. The first-order valence-electron chi connectivity index (χ1n) is 9.31. The van der Waals surface area contributed by atoms with E-state index in [9.17, 15) is 4.79 Å². The fourth-order valence-corrected chi connectivity index (χ4v) is 3.80. The van der Waals surface area contributed by atoms with E-state index < -0.39 is 0 Å². The molecule has 7 nitrogen and oxygen atoms in total. The summed E-state index contributed by atoms with van der Waals surface area (Å²) in [5.41, 5.74) is 2.55. The van der Waals surface area contributed by atoms with E-state index in [0.29, 0.717) is 11.5 Å². The molecular weight excluding hydrogens is 372 g/mol. The summed E-state index contributed by atoms with van der Waals surface area (Å²) in [6.45, 7) is 2.77. The van der Waals surface area contributed by atoms with Gasteiger partial charge < -0.3 is 4.98 Å². The molecule has 144 valence electrons. The lowest BCUT2D eigenvalue weighted by Crippen LogP contribution is -2.33. The molecular formula is C20H22N6OS. The molecule has 0 unspecified atom stereocenters. The maximum Gasteiger partial charge on any atom is 0.251 e. The van der Waals surface area contributed by atoms with Gasteiger partial charge in [0.1, 0.15) is 5.69 Å². The molecule has 1 fully saturated rings. The molecule has 3 aromatic rings. The monoisotopic (exact) mass is 394 g/mol. The molecule has 0 aromatic carbocycles. The molecule has 4 rings (SSSR count). The molecule has 1 saturated heterocycles. The number of hydrogen-bond acceptors (Lipinski definition) is 7. The van der Waals surface area contributed by atoms with Gasteiger partial charge in [0.2, 0.25) is 0 Å². The van der Waals surface area contributed by atoms with Crippen LogP contribution in [0, 0.1) is 0 Å². The number of thioether (sulfide) groups is 1. The summed E-state index contributed by atoms with van der Waals surface area (Å²) in [7, 11) is 0. The lowest BCUT2D eigenvalue weighted by atomic mass is 9.93. The van der Waals surface area contributed by atoms with Crippen LogP contribution in [0.3, 0.4) is 0 Å². The Balaban J connectivity index is 1.42. The van der Waals surface area contributed by atoms with Crippen molar-refractivity contribution in [3.8, 4) is 11.5 Å².